The SMILES string of the molecule is [C-]#[N+]c1c(C(=O)OC)c(=C)n2nc(-c3ccc(OC)c(NS(C)(=O)=O)c3)nc12. The molecule has 0 saturated carbocycles. The van der Waals surface area contributed by atoms with Crippen molar-refractivity contribution in [3.05, 3.63) is 40.5 Å². The highest BCUT2D eigenvalue weighted by Gasteiger charge is 2.24. The molecule has 1 N–H and O–H groups in total. The van der Waals surface area contributed by atoms with Crippen molar-refractivity contribution in [1.82, 2.24) is 14.6 Å². The average molecular weight is 401 g/mol. The zero-order valence-corrected chi connectivity index (χ0v) is 16.0. The van der Waals surface area contributed by atoms with Crippen molar-refractivity contribution >= 4 is 39.6 Å². The van der Waals surface area contributed by atoms with E-state index >= 15 is 0 Å². The molecule has 0 radical (unpaired) electrons. The highest BCUT2D eigenvalue weighted by atomic mass is 32.2. The summed E-state index contributed by atoms with van der Waals surface area (Å²) in [5.74, 6) is -0.158. The summed E-state index contributed by atoms with van der Waals surface area (Å²) in [7, 11) is -0.915. The van der Waals surface area contributed by atoms with E-state index in [2.05, 4.69) is 26.2 Å². The van der Waals surface area contributed by atoms with Crippen molar-refractivity contribution in [3.8, 4) is 17.1 Å². The predicted molar refractivity (Wildman–Crippen MR) is 102 cm³/mol. The van der Waals surface area contributed by atoms with E-state index < -0.39 is 16.0 Å². The van der Waals surface area contributed by atoms with Gasteiger partial charge in [-0.3, -0.25) is 4.72 Å². The lowest BCUT2D eigenvalue weighted by Gasteiger charge is -2.10. The smallest absolute Gasteiger partial charge is 0.329 e. The molecular weight excluding hydrogens is 386 g/mol. The van der Waals surface area contributed by atoms with Gasteiger partial charge in [-0.25, -0.2) is 27.6 Å². The van der Waals surface area contributed by atoms with Crippen molar-refractivity contribution in [2.75, 3.05) is 25.2 Å². The number of ether oxygens (including phenoxy) is 2. The number of fused-ring (bicyclic) bond motifs is 1. The van der Waals surface area contributed by atoms with Crippen molar-refractivity contribution in [3.63, 3.8) is 0 Å². The standard InChI is InChI=1S/C17H15N5O5S/c1-9-13(17(23)27-4)14(18-2)16-19-15(20-22(9)16)10-6-7-12(26-3)11(8-10)21-28(5,24)25/h6-8,21H,1H2,3-5H3. The van der Waals surface area contributed by atoms with Gasteiger partial charge in [0, 0.05) is 5.56 Å². The monoisotopic (exact) mass is 401 g/mol. The number of anilines is 1. The normalized spacial score (nSPS) is 11.2. The molecule has 0 fully saturated rings. The van der Waals surface area contributed by atoms with E-state index in [0.29, 0.717) is 11.3 Å². The molecule has 0 bridgehead atoms. The van der Waals surface area contributed by atoms with Gasteiger partial charge in [-0.2, -0.15) is 0 Å². The second kappa shape index (κ2) is 6.82. The fraction of sp³-hybridized carbons (Fsp3) is 0.176. The van der Waals surface area contributed by atoms with Gasteiger partial charge < -0.3 is 9.47 Å². The highest BCUT2D eigenvalue weighted by Crippen LogP contribution is 2.31. The molecule has 144 valence electrons. The maximum absolute atomic E-state index is 11.9. The molecule has 0 spiro atoms. The summed E-state index contributed by atoms with van der Waals surface area (Å²) in [4.78, 5) is 19.6. The largest absolute Gasteiger partial charge is 0.495 e. The molecule has 28 heavy (non-hydrogen) atoms. The number of aromatic nitrogens is 3. The number of nitrogens with zero attached hydrogens (tertiary/aromatic N) is 4. The van der Waals surface area contributed by atoms with Gasteiger partial charge in [0.05, 0.1) is 43.6 Å². The van der Waals surface area contributed by atoms with Gasteiger partial charge in [0.25, 0.3) is 0 Å². The summed E-state index contributed by atoms with van der Waals surface area (Å²) in [6.45, 7) is 11.2. The van der Waals surface area contributed by atoms with Crippen LogP contribution in [0.2, 0.25) is 0 Å². The zero-order chi connectivity index (χ0) is 20.6. The van der Waals surface area contributed by atoms with Crippen LogP contribution in [0.3, 0.4) is 0 Å². The Kier molecular flexibility index (Phi) is 4.66. The molecule has 0 amide bonds. The lowest BCUT2D eigenvalue weighted by atomic mass is 10.2. The Morgan fingerprint density at radius 3 is 2.64 bits per heavy atom. The van der Waals surface area contributed by atoms with Gasteiger partial charge in [-0.05, 0) is 18.2 Å². The molecule has 1 aromatic carbocycles. The van der Waals surface area contributed by atoms with Crippen LogP contribution in [0, 0.1) is 6.57 Å². The molecule has 3 aromatic rings. The Hall–Kier alpha value is -3.65. The van der Waals surface area contributed by atoms with Crippen LogP contribution in [-0.2, 0) is 14.8 Å². The van der Waals surface area contributed by atoms with Crippen LogP contribution in [0.4, 0.5) is 11.4 Å². The molecular formula is C17H15N5O5S. The fourth-order valence-corrected chi connectivity index (χ4v) is 3.24. The summed E-state index contributed by atoms with van der Waals surface area (Å²) >= 11 is 0. The van der Waals surface area contributed by atoms with Crippen molar-refractivity contribution in [2.24, 2.45) is 0 Å². The first kappa shape index (κ1) is 19.1. The summed E-state index contributed by atoms with van der Waals surface area (Å²) in [5.41, 5.74) is 0.841. The minimum absolute atomic E-state index is 0.00760. The number of nitrogens with one attached hydrogen (secondary N) is 1. The molecule has 2 aromatic heterocycles. The molecule has 3 rings (SSSR count). The predicted octanol–water partition coefficient (Wildman–Crippen LogP) is 1.24. The second-order valence-corrected chi connectivity index (χ2v) is 7.48. The number of rotatable bonds is 5. The molecule has 0 aliphatic heterocycles. The summed E-state index contributed by atoms with van der Waals surface area (Å²) in [5, 5.41) is 4.47. The van der Waals surface area contributed by atoms with E-state index in [1.165, 1.54) is 24.8 Å². The Labute approximate surface area is 160 Å². The van der Waals surface area contributed by atoms with Crippen LogP contribution in [0.5, 0.6) is 5.75 Å². The molecule has 11 heteroatoms. The first-order valence-corrected chi connectivity index (χ1v) is 9.62. The number of carbonyl (C=O) groups excluding carboxylic acids is 1. The van der Waals surface area contributed by atoms with E-state index in [1.807, 2.05) is 0 Å². The maximum Gasteiger partial charge on any atom is 0.329 e. The Morgan fingerprint density at radius 1 is 1.36 bits per heavy atom. The Morgan fingerprint density at radius 2 is 2.07 bits per heavy atom. The third kappa shape index (κ3) is 3.21. The van der Waals surface area contributed by atoms with E-state index in [4.69, 9.17) is 16.0 Å². The summed E-state index contributed by atoms with van der Waals surface area (Å²) in [6, 6.07) is 4.72. The van der Waals surface area contributed by atoms with E-state index in [9.17, 15) is 13.2 Å². The van der Waals surface area contributed by atoms with Crippen LogP contribution in [0.15, 0.2) is 18.2 Å². The minimum Gasteiger partial charge on any atom is -0.495 e. The summed E-state index contributed by atoms with van der Waals surface area (Å²) in [6.07, 6.45) is 1.02. The van der Waals surface area contributed by atoms with Crippen LogP contribution in [0.1, 0.15) is 10.4 Å². The molecule has 0 aliphatic rings. The number of esters is 1. The van der Waals surface area contributed by atoms with E-state index in [1.54, 1.807) is 12.1 Å². The number of hydrogen-bond acceptors (Lipinski definition) is 7. The lowest BCUT2D eigenvalue weighted by molar-refractivity contribution is 0.0600. The number of hydrogen-bond donors (Lipinski definition) is 1. The maximum atomic E-state index is 11.9. The third-order valence-corrected chi connectivity index (χ3v) is 4.45. The topological polar surface area (TPSA) is 116 Å². The number of carbonyl (C=O) groups is 1. The van der Waals surface area contributed by atoms with Gasteiger partial charge in [0.1, 0.15) is 5.75 Å². The van der Waals surface area contributed by atoms with Gasteiger partial charge in [-0.15, -0.1) is 5.10 Å². The number of methoxy groups -OCH3 is 2. The van der Waals surface area contributed by atoms with Crippen LogP contribution >= 0.6 is 0 Å². The number of benzene rings is 1. The van der Waals surface area contributed by atoms with Crippen molar-refractivity contribution < 1.29 is 22.7 Å². The van der Waals surface area contributed by atoms with E-state index in [0.717, 1.165) is 6.26 Å². The third-order valence-electron chi connectivity index (χ3n) is 3.85. The Bertz CT molecular complexity index is 1290. The summed E-state index contributed by atoms with van der Waals surface area (Å²) < 4.78 is 36.7. The molecule has 10 nitrogen and oxygen atoms in total. The first-order chi connectivity index (χ1) is 13.2. The Balaban J connectivity index is 2.18. The highest BCUT2D eigenvalue weighted by molar-refractivity contribution is 7.92. The van der Waals surface area contributed by atoms with Crippen LogP contribution in [0.25, 0.3) is 28.5 Å². The quantitative estimate of drug-likeness (QED) is 0.505. The van der Waals surface area contributed by atoms with Gasteiger partial charge >= 0.3 is 5.97 Å². The molecule has 0 unspecified atom stereocenters. The van der Waals surface area contributed by atoms with Gasteiger partial charge in [-0.1, -0.05) is 6.58 Å². The van der Waals surface area contributed by atoms with Crippen molar-refractivity contribution in [1.29, 1.82) is 0 Å². The average Bonchev–Trinajstić information content (AvgIpc) is 3.18. The minimum atomic E-state index is -3.54. The lowest BCUT2D eigenvalue weighted by Crippen LogP contribution is -2.17. The number of sulfonamides is 1. The van der Waals surface area contributed by atoms with E-state index in [-0.39, 0.29) is 33.8 Å². The van der Waals surface area contributed by atoms with Gasteiger partial charge in [0.15, 0.2) is 11.5 Å². The van der Waals surface area contributed by atoms with Gasteiger partial charge in [0.2, 0.25) is 15.7 Å². The molecule has 0 atom stereocenters. The first-order valence-electron chi connectivity index (χ1n) is 7.73. The molecule has 2 heterocycles. The van der Waals surface area contributed by atoms with Crippen molar-refractivity contribution in [2.45, 2.75) is 0 Å². The molecule has 0 saturated heterocycles. The van der Waals surface area contributed by atoms with Crippen LogP contribution in [-0.4, -0.2) is 49.5 Å². The second-order valence-electron chi connectivity index (χ2n) is 5.73. The fourth-order valence-electron chi connectivity index (χ4n) is 2.68. The zero-order valence-electron chi connectivity index (χ0n) is 15.2. The van der Waals surface area contributed by atoms with Crippen LogP contribution < -0.4 is 14.8 Å². The molecule has 0 aliphatic carbocycles.